The molecule has 0 aliphatic heterocycles. The van der Waals surface area contributed by atoms with Gasteiger partial charge in [-0.15, -0.1) is 0 Å². The second-order valence-electron chi connectivity index (χ2n) is 5.05. The maximum Gasteiger partial charge on any atom is 1.00 e. The van der Waals surface area contributed by atoms with E-state index in [2.05, 4.69) is 11.4 Å². The molecule has 0 saturated heterocycles. The molecule has 0 aromatic rings. The van der Waals surface area contributed by atoms with Crippen molar-refractivity contribution in [1.82, 2.24) is 0 Å². The molecule has 3 nitrogen and oxygen atoms in total. The van der Waals surface area contributed by atoms with Crippen molar-refractivity contribution in [3.8, 4) is 0 Å². The van der Waals surface area contributed by atoms with Gasteiger partial charge in [-0.1, -0.05) is 71.1 Å². The van der Waals surface area contributed by atoms with E-state index in [1.54, 1.807) is 0 Å². The maximum atomic E-state index is 11.1. The van der Waals surface area contributed by atoms with Crippen molar-refractivity contribution in [3.63, 3.8) is 0 Å². The number of unbranched alkanes of at least 4 members (excludes halogenated alkanes) is 10. The molecule has 1 atom stereocenters. The van der Waals surface area contributed by atoms with Gasteiger partial charge in [0, 0.05) is 13.3 Å². The molecule has 0 saturated carbocycles. The van der Waals surface area contributed by atoms with Crippen LogP contribution >= 0.6 is 7.60 Å². The monoisotopic (exact) mass is 300 g/mol. The number of hydrogen-bond acceptors (Lipinski definition) is 3. The van der Waals surface area contributed by atoms with Crippen LogP contribution in [0.4, 0.5) is 0 Å². The molecule has 0 N–H and O–H groups in total. The molecule has 0 rings (SSSR count). The van der Waals surface area contributed by atoms with Gasteiger partial charge < -0.3 is 14.0 Å². The summed E-state index contributed by atoms with van der Waals surface area (Å²) in [6, 6.07) is 0. The Morgan fingerprint density at radius 2 is 1.21 bits per heavy atom. The van der Waals surface area contributed by atoms with Crippen molar-refractivity contribution >= 4 is 7.60 Å². The van der Waals surface area contributed by atoms with E-state index in [0.29, 0.717) is 0 Å². The fraction of sp³-hybridized carbons (Fsp3) is 1.00. The SMILES string of the molecule is CCCCCCCCCCCCCP(=O)([O-])OC.[Na+]. The molecule has 0 aliphatic carbocycles. The first-order valence-corrected chi connectivity index (χ1v) is 9.21. The topological polar surface area (TPSA) is 49.4 Å². The van der Waals surface area contributed by atoms with Crippen LogP contribution in [0.2, 0.25) is 0 Å². The Morgan fingerprint density at radius 3 is 1.58 bits per heavy atom. The van der Waals surface area contributed by atoms with E-state index >= 15 is 0 Å². The molecule has 0 amide bonds. The third kappa shape index (κ3) is 17.1. The van der Waals surface area contributed by atoms with Gasteiger partial charge in [-0.25, -0.2) is 0 Å². The Labute approximate surface area is 141 Å². The van der Waals surface area contributed by atoms with Crippen LogP contribution in [0, 0.1) is 0 Å². The summed E-state index contributed by atoms with van der Waals surface area (Å²) in [5.41, 5.74) is 0. The first-order chi connectivity index (χ1) is 8.62. The summed E-state index contributed by atoms with van der Waals surface area (Å²) in [6.45, 7) is 2.24. The molecular formula is C14H30NaO3P. The fourth-order valence-electron chi connectivity index (χ4n) is 2.06. The Balaban J connectivity index is 0. The Morgan fingerprint density at radius 1 is 0.842 bits per heavy atom. The van der Waals surface area contributed by atoms with Crippen LogP contribution in [0.15, 0.2) is 0 Å². The van der Waals surface area contributed by atoms with Crippen LogP contribution in [-0.4, -0.2) is 13.3 Å². The first kappa shape index (κ1) is 22.4. The molecule has 0 fully saturated rings. The van der Waals surface area contributed by atoms with Gasteiger partial charge in [-0.3, -0.25) is 0 Å². The minimum Gasteiger partial charge on any atom is -0.779 e. The van der Waals surface area contributed by atoms with Crippen LogP contribution in [-0.2, 0) is 9.09 Å². The number of rotatable bonds is 13. The number of hydrogen-bond donors (Lipinski definition) is 0. The molecule has 0 spiro atoms. The van der Waals surface area contributed by atoms with Gasteiger partial charge in [0.15, 0.2) is 0 Å². The molecule has 0 radical (unpaired) electrons. The summed E-state index contributed by atoms with van der Waals surface area (Å²) in [6.07, 6.45) is 13.8. The Kier molecular flexibility index (Phi) is 18.3. The molecular weight excluding hydrogens is 270 g/mol. The zero-order valence-corrected chi connectivity index (χ0v) is 16.1. The standard InChI is InChI=1S/C14H31O3P.Na/c1-3-4-5-6-7-8-9-10-11-12-13-14-18(15,16)17-2;/h3-14H2,1-2H3,(H,15,16);/q;+1/p-1. The third-order valence-corrected chi connectivity index (χ3v) is 4.73. The van der Waals surface area contributed by atoms with Gasteiger partial charge in [0.1, 0.15) is 7.60 Å². The van der Waals surface area contributed by atoms with E-state index in [1.807, 2.05) is 0 Å². The van der Waals surface area contributed by atoms with Gasteiger partial charge >= 0.3 is 29.6 Å². The quantitative estimate of drug-likeness (QED) is 0.294. The van der Waals surface area contributed by atoms with Gasteiger partial charge in [0.05, 0.1) is 0 Å². The predicted molar refractivity (Wildman–Crippen MR) is 75.9 cm³/mol. The fourth-order valence-corrected chi connectivity index (χ4v) is 2.85. The first-order valence-electron chi connectivity index (χ1n) is 7.48. The van der Waals surface area contributed by atoms with Gasteiger partial charge in [0.25, 0.3) is 0 Å². The van der Waals surface area contributed by atoms with E-state index in [4.69, 9.17) is 0 Å². The molecule has 0 heterocycles. The minimum atomic E-state index is -3.50. The Bertz CT molecular complexity index is 225. The van der Waals surface area contributed by atoms with Crippen molar-refractivity contribution < 1.29 is 43.5 Å². The summed E-state index contributed by atoms with van der Waals surface area (Å²) in [7, 11) is -2.26. The van der Waals surface area contributed by atoms with Crippen molar-refractivity contribution in [3.05, 3.63) is 0 Å². The second-order valence-corrected chi connectivity index (χ2v) is 7.09. The molecule has 0 aliphatic rings. The van der Waals surface area contributed by atoms with E-state index in [0.717, 1.165) is 19.3 Å². The van der Waals surface area contributed by atoms with Crippen molar-refractivity contribution in [2.75, 3.05) is 13.3 Å². The average Bonchev–Trinajstić information content (AvgIpc) is 2.36. The molecule has 0 bridgehead atoms. The molecule has 1 unspecified atom stereocenters. The van der Waals surface area contributed by atoms with E-state index in [-0.39, 0.29) is 35.7 Å². The van der Waals surface area contributed by atoms with Gasteiger partial charge in [0.2, 0.25) is 0 Å². The largest absolute Gasteiger partial charge is 1.00 e. The summed E-state index contributed by atoms with van der Waals surface area (Å²) < 4.78 is 15.5. The summed E-state index contributed by atoms with van der Waals surface area (Å²) in [5, 5.41) is 0. The van der Waals surface area contributed by atoms with E-state index in [1.165, 1.54) is 58.5 Å². The van der Waals surface area contributed by atoms with Crippen molar-refractivity contribution in [2.24, 2.45) is 0 Å². The normalized spacial score (nSPS) is 13.8. The van der Waals surface area contributed by atoms with Crippen molar-refractivity contribution in [2.45, 2.75) is 77.6 Å². The zero-order valence-electron chi connectivity index (χ0n) is 13.2. The smallest absolute Gasteiger partial charge is 0.779 e. The minimum absolute atomic E-state index is 0. The van der Waals surface area contributed by atoms with Crippen LogP contribution < -0.4 is 34.5 Å². The summed E-state index contributed by atoms with van der Waals surface area (Å²) in [5.74, 6) is 0. The van der Waals surface area contributed by atoms with Gasteiger partial charge in [-0.2, -0.15) is 0 Å². The average molecular weight is 300 g/mol. The molecule has 19 heavy (non-hydrogen) atoms. The van der Waals surface area contributed by atoms with Crippen LogP contribution in [0.25, 0.3) is 0 Å². The summed E-state index contributed by atoms with van der Waals surface area (Å²) in [4.78, 5) is 11.1. The third-order valence-electron chi connectivity index (χ3n) is 3.31. The van der Waals surface area contributed by atoms with E-state index < -0.39 is 7.60 Å². The van der Waals surface area contributed by atoms with Crippen molar-refractivity contribution in [1.29, 1.82) is 0 Å². The molecule has 0 aromatic carbocycles. The second kappa shape index (κ2) is 15.5. The summed E-state index contributed by atoms with van der Waals surface area (Å²) >= 11 is 0. The molecule has 110 valence electrons. The van der Waals surface area contributed by atoms with Crippen LogP contribution in [0.1, 0.15) is 77.6 Å². The predicted octanol–water partition coefficient (Wildman–Crippen LogP) is 1.50. The molecule has 0 aromatic heterocycles. The Hall–Kier alpha value is 1.15. The van der Waals surface area contributed by atoms with E-state index in [9.17, 15) is 9.46 Å². The van der Waals surface area contributed by atoms with Gasteiger partial charge in [-0.05, 0) is 6.42 Å². The molecule has 5 heteroatoms. The zero-order chi connectivity index (χ0) is 13.7. The van der Waals surface area contributed by atoms with Crippen LogP contribution in [0.5, 0.6) is 0 Å². The van der Waals surface area contributed by atoms with Crippen LogP contribution in [0.3, 0.4) is 0 Å². The maximum absolute atomic E-state index is 11.1.